The van der Waals surface area contributed by atoms with Crippen LogP contribution in [0.3, 0.4) is 0 Å². The molecule has 0 aliphatic rings. The molecule has 6 nitrogen and oxygen atoms in total. The van der Waals surface area contributed by atoms with Crippen LogP contribution in [0.15, 0.2) is 38.0 Å². The Bertz CT molecular complexity index is 231. The van der Waals surface area contributed by atoms with Crippen molar-refractivity contribution in [3.63, 3.8) is 0 Å². The van der Waals surface area contributed by atoms with E-state index in [0.717, 1.165) is 18.2 Å². The minimum absolute atomic E-state index is 0. The van der Waals surface area contributed by atoms with Gasteiger partial charge in [-0.3, -0.25) is 0 Å². The minimum atomic E-state index is -1.23. The van der Waals surface area contributed by atoms with Gasteiger partial charge in [-0.1, -0.05) is 19.7 Å². The van der Waals surface area contributed by atoms with Crippen LogP contribution in [0.4, 0.5) is 0 Å². The fourth-order valence-corrected chi connectivity index (χ4v) is 0. The van der Waals surface area contributed by atoms with Crippen LogP contribution in [0, 0.1) is 6.42 Å². The van der Waals surface area contributed by atoms with Crippen molar-refractivity contribution in [2.45, 2.75) is 13.8 Å². The maximum atomic E-state index is 9.14. The van der Waals surface area contributed by atoms with Crippen LogP contribution in [0.5, 0.6) is 0 Å². The molecular formula is C12H16O6Ti. The summed E-state index contributed by atoms with van der Waals surface area (Å²) in [5.41, 5.74) is 0. The molecule has 0 atom stereocenters. The monoisotopic (exact) mass is 304 g/mol. The average Bonchev–Trinajstić information content (AvgIpc) is 2.31. The van der Waals surface area contributed by atoms with Crippen LogP contribution in [0.25, 0.3) is 0 Å². The number of aliphatic carboxylic acids is 3. The van der Waals surface area contributed by atoms with E-state index in [1.54, 1.807) is 0 Å². The van der Waals surface area contributed by atoms with Gasteiger partial charge < -0.3 is 36.1 Å². The molecular weight excluding hydrogens is 288 g/mol. The molecule has 104 valence electrons. The molecule has 0 aromatic heterocycles. The van der Waals surface area contributed by atoms with E-state index >= 15 is 0 Å². The maximum Gasteiger partial charge on any atom is 4.00 e. The van der Waals surface area contributed by atoms with Gasteiger partial charge in [0, 0.05) is 0 Å². The van der Waals surface area contributed by atoms with Gasteiger partial charge in [0.2, 0.25) is 0 Å². The van der Waals surface area contributed by atoms with Gasteiger partial charge in [0.05, 0.1) is 17.9 Å². The fourth-order valence-electron chi connectivity index (χ4n) is 0. The summed E-state index contributed by atoms with van der Waals surface area (Å²) >= 11 is 0. The first kappa shape index (κ1) is 30.4. The number of carbonyl (C=O) groups excluding carboxylic acids is 3. The van der Waals surface area contributed by atoms with Crippen molar-refractivity contribution in [1.82, 2.24) is 0 Å². The van der Waals surface area contributed by atoms with Crippen molar-refractivity contribution in [2.24, 2.45) is 0 Å². The summed E-state index contributed by atoms with van der Waals surface area (Å²) in [5, 5.41) is 27.4. The Morgan fingerprint density at radius 2 is 0.842 bits per heavy atom. The van der Waals surface area contributed by atoms with E-state index in [9.17, 15) is 0 Å². The predicted octanol–water partition coefficient (Wildman–Crippen LogP) is -2.01. The number of rotatable bonds is 3. The van der Waals surface area contributed by atoms with Gasteiger partial charge in [0.15, 0.2) is 0 Å². The van der Waals surface area contributed by atoms with Crippen LogP contribution in [-0.4, -0.2) is 17.9 Å². The van der Waals surface area contributed by atoms with Gasteiger partial charge >= 0.3 is 21.7 Å². The van der Waals surface area contributed by atoms with E-state index in [-0.39, 0.29) is 21.7 Å². The number of hydrogen-bond acceptors (Lipinski definition) is 6. The molecule has 19 heavy (non-hydrogen) atoms. The molecule has 0 fully saturated rings. The van der Waals surface area contributed by atoms with E-state index < -0.39 is 17.9 Å². The second kappa shape index (κ2) is 29.9. The molecule has 0 aliphatic carbocycles. The van der Waals surface area contributed by atoms with Crippen molar-refractivity contribution in [3.05, 3.63) is 44.4 Å². The molecule has 0 unspecified atom stereocenters. The van der Waals surface area contributed by atoms with Crippen molar-refractivity contribution >= 4 is 17.9 Å². The molecule has 0 saturated heterocycles. The van der Waals surface area contributed by atoms with Gasteiger partial charge in [0.1, 0.15) is 0 Å². The van der Waals surface area contributed by atoms with Crippen molar-refractivity contribution in [2.75, 3.05) is 0 Å². The van der Waals surface area contributed by atoms with Gasteiger partial charge in [0.25, 0.3) is 0 Å². The molecule has 0 bridgehead atoms. The molecule has 0 aromatic carbocycles. The minimum Gasteiger partial charge on any atom is -0.545 e. The smallest absolute Gasteiger partial charge is 0.545 e. The van der Waals surface area contributed by atoms with Gasteiger partial charge in [-0.05, 0) is 18.2 Å². The number of carboxylic acid groups (broad SMARTS) is 3. The molecule has 0 heterocycles. The maximum absolute atomic E-state index is 9.14. The normalized spacial score (nSPS) is 6.00. The third-order valence-corrected chi connectivity index (χ3v) is 0.500. The van der Waals surface area contributed by atoms with Crippen LogP contribution < -0.4 is 15.3 Å². The Labute approximate surface area is 128 Å². The Hall–Kier alpha value is -1.66. The molecule has 0 rings (SSSR count). The molecule has 0 saturated carbocycles. The summed E-state index contributed by atoms with van der Waals surface area (Å²) in [6, 6.07) is 0. The zero-order chi connectivity index (χ0) is 15.6. The summed E-state index contributed by atoms with van der Waals surface area (Å²) in [6.45, 7) is 12.7. The zero-order valence-corrected chi connectivity index (χ0v) is 12.4. The molecule has 0 amide bonds. The van der Waals surface area contributed by atoms with Gasteiger partial charge in [-0.15, -0.1) is 0 Å². The first-order valence-corrected chi connectivity index (χ1v) is 4.47. The Kier molecular flexibility index (Phi) is 47.9. The topological polar surface area (TPSA) is 120 Å². The summed E-state index contributed by atoms with van der Waals surface area (Å²) < 4.78 is 0. The van der Waals surface area contributed by atoms with Crippen LogP contribution in [-0.2, 0) is 36.1 Å². The third-order valence-electron chi connectivity index (χ3n) is 0.500. The molecule has 0 aromatic rings. The molecule has 7 heteroatoms. The van der Waals surface area contributed by atoms with Crippen molar-refractivity contribution in [1.29, 1.82) is 0 Å². The summed E-state index contributed by atoms with van der Waals surface area (Å²) in [5.74, 6) is -3.69. The largest absolute Gasteiger partial charge is 4.00 e. The van der Waals surface area contributed by atoms with E-state index in [0.29, 0.717) is 0 Å². The molecule has 0 spiro atoms. The van der Waals surface area contributed by atoms with Crippen molar-refractivity contribution in [3.8, 4) is 0 Å². The molecule has 0 N–H and O–H groups in total. The van der Waals surface area contributed by atoms with E-state index in [4.69, 9.17) is 29.7 Å². The Morgan fingerprint density at radius 3 is 0.842 bits per heavy atom. The number of hydrogen-bond donors (Lipinski definition) is 0. The number of carbonyl (C=O) groups is 3. The first-order chi connectivity index (χ1) is 8.22. The fraction of sp³-hybridized carbons (Fsp3) is 0.167. The third kappa shape index (κ3) is 178. The van der Waals surface area contributed by atoms with Crippen molar-refractivity contribution < 1.29 is 51.4 Å². The Morgan fingerprint density at radius 1 is 0.789 bits per heavy atom. The molecule has 0 aliphatic heterocycles. The SMILES string of the molecule is C=CC(=O)[O-].C=CC(=O)[O-].C=CC(=O)[O-].C[CH-]C.[Ti+4]. The predicted molar refractivity (Wildman–Crippen MR) is 61.3 cm³/mol. The van der Waals surface area contributed by atoms with Gasteiger partial charge in [-0.2, -0.15) is 13.8 Å². The second-order valence-corrected chi connectivity index (χ2v) is 2.15. The van der Waals surface area contributed by atoms with E-state index in [2.05, 4.69) is 19.7 Å². The standard InChI is InChI=1S/3C3H4O2.C3H7.Ti/c3*1-2-3(4)5;1-3-2;/h3*2H,1H2,(H,4,5);3H,1-2H3;/q;;;-1;+4/p-3. The van der Waals surface area contributed by atoms with Crippen LogP contribution in [0.1, 0.15) is 13.8 Å². The van der Waals surface area contributed by atoms with Crippen LogP contribution in [0.2, 0.25) is 0 Å². The Balaban J connectivity index is -0.0000000458. The van der Waals surface area contributed by atoms with Gasteiger partial charge in [-0.25, -0.2) is 0 Å². The van der Waals surface area contributed by atoms with E-state index in [1.807, 2.05) is 20.3 Å². The van der Waals surface area contributed by atoms with E-state index in [1.165, 1.54) is 0 Å². The quantitative estimate of drug-likeness (QED) is 0.337. The summed E-state index contributed by atoms with van der Waals surface area (Å²) in [7, 11) is 0. The average molecular weight is 304 g/mol. The first-order valence-electron chi connectivity index (χ1n) is 4.47. The zero-order valence-electron chi connectivity index (χ0n) is 10.9. The number of carboxylic acids is 3. The second-order valence-electron chi connectivity index (χ2n) is 2.15. The summed E-state index contributed by atoms with van der Waals surface area (Å²) in [4.78, 5) is 27.4. The summed E-state index contributed by atoms with van der Waals surface area (Å²) in [6.07, 6.45) is 4.17. The molecule has 0 radical (unpaired) electrons. The van der Waals surface area contributed by atoms with Crippen LogP contribution >= 0.6 is 0 Å².